The first-order chi connectivity index (χ1) is 10.7. The summed E-state index contributed by atoms with van der Waals surface area (Å²) >= 11 is 0. The predicted octanol–water partition coefficient (Wildman–Crippen LogP) is 1.13. The van der Waals surface area contributed by atoms with Gasteiger partial charge in [-0.2, -0.15) is 13.1 Å². The van der Waals surface area contributed by atoms with Gasteiger partial charge in [0, 0.05) is 26.2 Å². The summed E-state index contributed by atoms with van der Waals surface area (Å²) in [6.07, 6.45) is 2.22. The summed E-state index contributed by atoms with van der Waals surface area (Å²) in [4.78, 5) is 12.3. The summed E-state index contributed by atoms with van der Waals surface area (Å²) < 4.78 is 48.6. The minimum Gasteiger partial charge on any atom is -0.355 e. The van der Waals surface area contributed by atoms with E-state index in [9.17, 15) is 22.0 Å². The van der Waals surface area contributed by atoms with Gasteiger partial charge in [0.05, 0.1) is 5.41 Å². The van der Waals surface area contributed by atoms with E-state index in [-0.39, 0.29) is 31.5 Å². The van der Waals surface area contributed by atoms with E-state index in [1.165, 1.54) is 0 Å². The summed E-state index contributed by atoms with van der Waals surface area (Å²) in [6, 6.07) is 0. The van der Waals surface area contributed by atoms with Gasteiger partial charge in [-0.25, -0.2) is 8.42 Å². The molecule has 0 bridgehead atoms. The van der Waals surface area contributed by atoms with Gasteiger partial charge in [-0.1, -0.05) is 13.8 Å². The molecule has 1 heterocycles. The van der Waals surface area contributed by atoms with Gasteiger partial charge in [-0.3, -0.25) is 4.79 Å². The Labute approximate surface area is 136 Å². The number of piperidine rings is 1. The van der Waals surface area contributed by atoms with Crippen LogP contribution in [-0.2, 0) is 14.8 Å². The lowest BCUT2D eigenvalue weighted by atomic mass is 9.81. The predicted molar refractivity (Wildman–Crippen MR) is 84.3 cm³/mol. The Bertz CT molecular complexity index is 479. The second-order valence-corrected chi connectivity index (χ2v) is 7.95. The van der Waals surface area contributed by atoms with Gasteiger partial charge >= 0.3 is 5.76 Å². The van der Waals surface area contributed by atoms with E-state index in [0.29, 0.717) is 32.2 Å². The fourth-order valence-electron chi connectivity index (χ4n) is 2.86. The Hall–Kier alpha value is -0.800. The smallest absolute Gasteiger partial charge is 0.350 e. The Morgan fingerprint density at radius 3 is 2.22 bits per heavy atom. The van der Waals surface area contributed by atoms with Crippen LogP contribution in [0.1, 0.15) is 39.5 Å². The standard InChI is InChI=1S/C14H27F2N3O3S/c1-3-14(4-2,10-17)12(20)18-9-11-5-7-19(8-6-11)23(21,22)13(15)16/h11,13H,3-10,17H2,1-2H3,(H,18,20). The molecule has 1 aliphatic rings. The summed E-state index contributed by atoms with van der Waals surface area (Å²) in [7, 11) is -4.49. The number of halogens is 2. The topological polar surface area (TPSA) is 92.5 Å². The molecular formula is C14H27F2N3O3S. The molecule has 0 unspecified atom stereocenters. The van der Waals surface area contributed by atoms with E-state index in [4.69, 9.17) is 5.73 Å². The third kappa shape index (κ3) is 4.60. The summed E-state index contributed by atoms with van der Waals surface area (Å²) in [5, 5.41) is 2.89. The van der Waals surface area contributed by atoms with Crippen molar-refractivity contribution in [2.45, 2.75) is 45.3 Å². The van der Waals surface area contributed by atoms with Crippen LogP contribution in [-0.4, -0.2) is 50.6 Å². The molecule has 0 aromatic heterocycles. The van der Waals surface area contributed by atoms with Crippen molar-refractivity contribution in [2.24, 2.45) is 17.1 Å². The van der Waals surface area contributed by atoms with Crippen LogP contribution >= 0.6 is 0 Å². The van der Waals surface area contributed by atoms with Crippen molar-refractivity contribution in [3.8, 4) is 0 Å². The van der Waals surface area contributed by atoms with Crippen molar-refractivity contribution in [1.29, 1.82) is 0 Å². The molecule has 0 saturated carbocycles. The molecule has 1 amide bonds. The van der Waals surface area contributed by atoms with Crippen molar-refractivity contribution in [3.05, 3.63) is 0 Å². The number of nitrogens with one attached hydrogen (secondary N) is 1. The Morgan fingerprint density at radius 1 is 1.30 bits per heavy atom. The van der Waals surface area contributed by atoms with Crippen LogP contribution in [0.3, 0.4) is 0 Å². The first kappa shape index (κ1) is 20.2. The third-order valence-corrected chi connectivity index (χ3v) is 6.47. The maximum Gasteiger partial charge on any atom is 0.350 e. The Balaban J connectivity index is 2.50. The number of sulfonamides is 1. The largest absolute Gasteiger partial charge is 0.355 e. The zero-order valence-corrected chi connectivity index (χ0v) is 14.5. The maximum atomic E-state index is 12.5. The SMILES string of the molecule is CCC(CC)(CN)C(=O)NCC1CCN(S(=O)(=O)C(F)F)CC1. The van der Waals surface area contributed by atoms with Gasteiger partial charge in [0.25, 0.3) is 10.0 Å². The number of hydrogen-bond acceptors (Lipinski definition) is 4. The fourth-order valence-corrected chi connectivity index (χ4v) is 3.80. The molecule has 1 rings (SSSR count). The van der Waals surface area contributed by atoms with E-state index in [0.717, 1.165) is 4.31 Å². The van der Waals surface area contributed by atoms with E-state index >= 15 is 0 Å². The molecule has 23 heavy (non-hydrogen) atoms. The summed E-state index contributed by atoms with van der Waals surface area (Å²) in [6.45, 7) is 4.67. The number of rotatable bonds is 8. The van der Waals surface area contributed by atoms with Crippen LogP contribution < -0.4 is 11.1 Å². The van der Waals surface area contributed by atoms with Crippen molar-refractivity contribution in [2.75, 3.05) is 26.2 Å². The first-order valence-corrected chi connectivity index (χ1v) is 9.49. The van der Waals surface area contributed by atoms with Crippen molar-refractivity contribution in [3.63, 3.8) is 0 Å². The Morgan fingerprint density at radius 2 is 1.83 bits per heavy atom. The molecule has 0 spiro atoms. The summed E-state index contributed by atoms with van der Waals surface area (Å²) in [5.74, 6) is -3.38. The minimum atomic E-state index is -4.49. The number of carbonyl (C=O) groups excluding carboxylic acids is 1. The first-order valence-electron chi connectivity index (χ1n) is 7.99. The van der Waals surface area contributed by atoms with Gasteiger partial charge < -0.3 is 11.1 Å². The average Bonchev–Trinajstić information content (AvgIpc) is 2.55. The van der Waals surface area contributed by atoms with Crippen molar-refractivity contribution >= 4 is 15.9 Å². The van der Waals surface area contributed by atoms with E-state index in [2.05, 4.69) is 5.32 Å². The second kappa shape index (κ2) is 8.34. The van der Waals surface area contributed by atoms with Gasteiger partial charge in [0.1, 0.15) is 0 Å². The molecule has 0 aliphatic carbocycles. The molecule has 1 fully saturated rings. The van der Waals surface area contributed by atoms with Crippen LogP contribution in [0.25, 0.3) is 0 Å². The number of nitrogens with zero attached hydrogens (tertiary/aromatic N) is 1. The van der Waals surface area contributed by atoms with Gasteiger partial charge in [0.2, 0.25) is 5.91 Å². The number of amides is 1. The van der Waals surface area contributed by atoms with Gasteiger partial charge in [-0.15, -0.1) is 0 Å². The van der Waals surface area contributed by atoms with Crippen LogP contribution in [0, 0.1) is 11.3 Å². The van der Waals surface area contributed by atoms with E-state index in [1.807, 2.05) is 13.8 Å². The lowest BCUT2D eigenvalue weighted by Crippen LogP contribution is -2.48. The molecular weight excluding hydrogens is 328 g/mol. The normalized spacial score (nSPS) is 18.3. The highest BCUT2D eigenvalue weighted by molar-refractivity contribution is 7.89. The molecule has 0 radical (unpaired) electrons. The van der Waals surface area contributed by atoms with Crippen molar-refractivity contribution < 1.29 is 22.0 Å². The molecule has 0 atom stereocenters. The number of alkyl halides is 2. The van der Waals surface area contributed by atoms with Gasteiger partial charge in [-0.05, 0) is 31.6 Å². The van der Waals surface area contributed by atoms with E-state index < -0.39 is 21.2 Å². The van der Waals surface area contributed by atoms with Crippen LogP contribution in [0.2, 0.25) is 0 Å². The number of nitrogens with two attached hydrogens (primary N) is 1. The minimum absolute atomic E-state index is 0.0663. The van der Waals surface area contributed by atoms with Gasteiger partial charge in [0.15, 0.2) is 0 Å². The molecule has 136 valence electrons. The molecule has 6 nitrogen and oxygen atoms in total. The Kier molecular flexibility index (Phi) is 7.34. The highest BCUT2D eigenvalue weighted by atomic mass is 32.2. The molecule has 9 heteroatoms. The second-order valence-electron chi connectivity index (χ2n) is 6.05. The van der Waals surface area contributed by atoms with Crippen molar-refractivity contribution in [1.82, 2.24) is 9.62 Å². The maximum absolute atomic E-state index is 12.5. The zero-order valence-electron chi connectivity index (χ0n) is 13.7. The quantitative estimate of drug-likeness (QED) is 0.683. The lowest BCUT2D eigenvalue weighted by Gasteiger charge is -2.33. The monoisotopic (exact) mass is 355 g/mol. The van der Waals surface area contributed by atoms with Crippen LogP contribution in [0.15, 0.2) is 0 Å². The van der Waals surface area contributed by atoms with Crippen LogP contribution in [0.4, 0.5) is 8.78 Å². The zero-order chi connectivity index (χ0) is 17.7. The van der Waals surface area contributed by atoms with Crippen LogP contribution in [0.5, 0.6) is 0 Å². The fraction of sp³-hybridized carbons (Fsp3) is 0.929. The number of carbonyl (C=O) groups is 1. The molecule has 1 aliphatic heterocycles. The molecule has 1 saturated heterocycles. The average molecular weight is 355 g/mol. The summed E-state index contributed by atoms with van der Waals surface area (Å²) in [5.41, 5.74) is 5.16. The highest BCUT2D eigenvalue weighted by Gasteiger charge is 2.36. The highest BCUT2D eigenvalue weighted by Crippen LogP contribution is 2.26. The third-order valence-electron chi connectivity index (χ3n) is 4.94. The molecule has 3 N–H and O–H groups in total. The number of hydrogen-bond donors (Lipinski definition) is 2. The lowest BCUT2D eigenvalue weighted by molar-refractivity contribution is -0.131. The van der Waals surface area contributed by atoms with E-state index in [1.54, 1.807) is 0 Å². The molecule has 0 aromatic rings. The molecule has 0 aromatic carbocycles.